The summed E-state index contributed by atoms with van der Waals surface area (Å²) in [4.78, 5) is 26.1. The third kappa shape index (κ3) is 4.49. The molecule has 2 aromatic heterocycles. The van der Waals surface area contributed by atoms with Gasteiger partial charge in [-0.2, -0.15) is 0 Å². The molecule has 1 saturated carbocycles. The molecule has 2 N–H and O–H groups in total. The number of carbonyl (C=O) groups excluding carboxylic acids is 1. The maximum absolute atomic E-state index is 12.3. The highest BCUT2D eigenvalue weighted by Crippen LogP contribution is 2.39. The van der Waals surface area contributed by atoms with Crippen LogP contribution in [0.15, 0.2) is 30.5 Å². The highest BCUT2D eigenvalue weighted by Gasteiger charge is 2.30. The molecule has 8 nitrogen and oxygen atoms in total. The summed E-state index contributed by atoms with van der Waals surface area (Å²) < 4.78 is 11.5. The second-order valence-corrected chi connectivity index (χ2v) is 10.1. The number of carbonyl (C=O) groups is 1. The van der Waals surface area contributed by atoms with E-state index in [1.807, 2.05) is 45.9 Å². The number of rotatable bonds is 4. The number of benzene rings is 1. The number of amides is 1. The summed E-state index contributed by atoms with van der Waals surface area (Å²) >= 11 is 0. The van der Waals surface area contributed by atoms with Gasteiger partial charge in [-0.05, 0) is 49.9 Å². The first kappa shape index (κ1) is 22.4. The highest BCUT2D eigenvalue weighted by atomic mass is 16.6. The molecule has 1 fully saturated rings. The Morgan fingerprint density at radius 1 is 1.06 bits per heavy atom. The predicted octanol–water partition coefficient (Wildman–Crippen LogP) is 4.27. The summed E-state index contributed by atoms with van der Waals surface area (Å²) in [6.07, 6.45) is 4.54. The monoisotopic (exact) mass is 461 g/mol. The third-order valence-corrected chi connectivity index (χ3v) is 6.42. The van der Waals surface area contributed by atoms with Crippen molar-refractivity contribution in [2.24, 2.45) is 5.41 Å². The van der Waals surface area contributed by atoms with Crippen molar-refractivity contribution in [2.75, 3.05) is 18.5 Å². The van der Waals surface area contributed by atoms with Crippen LogP contribution in [-0.2, 0) is 4.79 Å². The molecule has 0 radical (unpaired) electrons. The van der Waals surface area contributed by atoms with Gasteiger partial charge in [-0.1, -0.05) is 26.8 Å². The Labute approximate surface area is 199 Å². The van der Waals surface area contributed by atoms with E-state index in [0.717, 1.165) is 47.0 Å². The van der Waals surface area contributed by atoms with Crippen LogP contribution in [0.2, 0.25) is 0 Å². The van der Waals surface area contributed by atoms with Crippen LogP contribution >= 0.6 is 0 Å². The summed E-state index contributed by atoms with van der Waals surface area (Å²) in [7, 11) is 0. The van der Waals surface area contributed by atoms with Gasteiger partial charge in [0.15, 0.2) is 5.75 Å². The first-order valence-electron chi connectivity index (χ1n) is 11.9. The van der Waals surface area contributed by atoms with Gasteiger partial charge in [0.05, 0.1) is 11.2 Å². The van der Waals surface area contributed by atoms with E-state index in [1.165, 1.54) is 0 Å². The summed E-state index contributed by atoms with van der Waals surface area (Å²) in [6, 6.07) is 8.51. The molecule has 2 atom stereocenters. The van der Waals surface area contributed by atoms with Crippen LogP contribution in [-0.4, -0.2) is 46.2 Å². The lowest BCUT2D eigenvalue weighted by atomic mass is 9.95. The maximum atomic E-state index is 12.3. The fourth-order valence-electron chi connectivity index (χ4n) is 4.52. The lowest BCUT2D eigenvalue weighted by molar-refractivity contribution is -0.129. The number of hydrogen-bond donors (Lipinski definition) is 2. The number of anilines is 1. The van der Waals surface area contributed by atoms with Crippen LogP contribution in [0.5, 0.6) is 11.6 Å². The highest BCUT2D eigenvalue weighted by molar-refractivity contribution is 5.88. The Morgan fingerprint density at radius 2 is 1.85 bits per heavy atom. The maximum Gasteiger partial charge on any atom is 0.257 e. The Balaban J connectivity index is 1.33. The molecular formula is C26H31N5O3. The van der Waals surface area contributed by atoms with E-state index < -0.39 is 0 Å². The second-order valence-electron chi connectivity index (χ2n) is 10.1. The summed E-state index contributed by atoms with van der Waals surface area (Å²) in [5.41, 5.74) is 3.37. The van der Waals surface area contributed by atoms with Crippen LogP contribution in [0.3, 0.4) is 0 Å². The fraction of sp³-hybridized carbons (Fsp3) is 0.462. The molecule has 0 spiro atoms. The summed E-state index contributed by atoms with van der Waals surface area (Å²) in [6.45, 7) is 8.84. The van der Waals surface area contributed by atoms with Crippen LogP contribution in [0.1, 0.15) is 45.7 Å². The minimum Gasteiger partial charge on any atom is -0.484 e. The molecular weight excluding hydrogens is 430 g/mol. The molecule has 0 saturated heterocycles. The zero-order valence-corrected chi connectivity index (χ0v) is 20.1. The first-order valence-corrected chi connectivity index (χ1v) is 11.9. The lowest BCUT2D eigenvalue weighted by Gasteiger charge is -2.21. The normalized spacial score (nSPS) is 19.8. The van der Waals surface area contributed by atoms with E-state index in [-0.39, 0.29) is 23.4 Å². The largest absolute Gasteiger partial charge is 0.484 e. The molecule has 1 aliphatic carbocycles. The van der Waals surface area contributed by atoms with Crippen molar-refractivity contribution in [2.45, 2.75) is 59.0 Å². The molecule has 1 amide bonds. The first-order chi connectivity index (χ1) is 16.3. The number of pyridine rings is 1. The summed E-state index contributed by atoms with van der Waals surface area (Å²) in [5.74, 6) is 1.94. The predicted molar refractivity (Wildman–Crippen MR) is 131 cm³/mol. The lowest BCUT2D eigenvalue weighted by Crippen LogP contribution is -2.41. The average Bonchev–Trinajstić information content (AvgIpc) is 3.24. The van der Waals surface area contributed by atoms with E-state index in [1.54, 1.807) is 6.20 Å². The van der Waals surface area contributed by atoms with Gasteiger partial charge in [-0.25, -0.2) is 15.0 Å². The molecule has 5 rings (SSSR count). The Hall–Kier alpha value is -3.42. The molecule has 1 aromatic carbocycles. The zero-order valence-electron chi connectivity index (χ0n) is 20.1. The number of aromatic nitrogens is 3. The van der Waals surface area contributed by atoms with Crippen molar-refractivity contribution < 1.29 is 14.3 Å². The van der Waals surface area contributed by atoms with Crippen LogP contribution < -0.4 is 20.1 Å². The number of fused-ring (bicyclic) bond motifs is 2. The quantitative estimate of drug-likeness (QED) is 0.599. The van der Waals surface area contributed by atoms with Gasteiger partial charge >= 0.3 is 0 Å². The van der Waals surface area contributed by atoms with Gasteiger partial charge < -0.3 is 20.1 Å². The molecule has 34 heavy (non-hydrogen) atoms. The minimum atomic E-state index is -0.377. The number of nitrogens with zero attached hydrogens (tertiary/aromatic N) is 3. The molecule has 178 valence electrons. The van der Waals surface area contributed by atoms with E-state index in [9.17, 15) is 4.79 Å². The summed E-state index contributed by atoms with van der Waals surface area (Å²) in [5, 5.41) is 7.65. The molecule has 8 heteroatoms. The van der Waals surface area contributed by atoms with Crippen molar-refractivity contribution in [3.63, 3.8) is 0 Å². The van der Waals surface area contributed by atoms with E-state index in [2.05, 4.69) is 21.7 Å². The van der Waals surface area contributed by atoms with Crippen LogP contribution in [0.4, 0.5) is 5.95 Å². The van der Waals surface area contributed by atoms with Gasteiger partial charge in [0.2, 0.25) is 11.9 Å². The average molecular weight is 462 g/mol. The number of hydrogen-bond acceptors (Lipinski definition) is 7. The Morgan fingerprint density at radius 3 is 2.68 bits per heavy atom. The van der Waals surface area contributed by atoms with Crippen LogP contribution in [0.25, 0.3) is 22.0 Å². The molecule has 3 aromatic rings. The molecule has 0 unspecified atom stereocenters. The third-order valence-electron chi connectivity index (χ3n) is 6.42. The molecule has 1 aliphatic heterocycles. The SMILES string of the molecule is Cc1nc(N[C@@H]2CC[C@H](NC(=O)C(C)(C)C)C2)nc2ccc(-c3ccnc4c3OCCO4)cc12. The zero-order chi connectivity index (χ0) is 23.9. The second kappa shape index (κ2) is 8.74. The van der Waals surface area contributed by atoms with Crippen LogP contribution in [0, 0.1) is 12.3 Å². The van der Waals surface area contributed by atoms with Crippen molar-refractivity contribution in [3.8, 4) is 22.8 Å². The topological polar surface area (TPSA) is 98.3 Å². The minimum absolute atomic E-state index is 0.0965. The number of aryl methyl sites for hydroxylation is 1. The smallest absolute Gasteiger partial charge is 0.257 e. The van der Waals surface area contributed by atoms with Crippen molar-refractivity contribution in [1.29, 1.82) is 0 Å². The number of nitrogens with one attached hydrogen (secondary N) is 2. The van der Waals surface area contributed by atoms with Crippen molar-refractivity contribution >= 4 is 22.8 Å². The molecule has 2 aliphatic rings. The molecule has 0 bridgehead atoms. The number of ether oxygens (including phenoxy) is 2. The van der Waals surface area contributed by atoms with E-state index in [4.69, 9.17) is 19.4 Å². The van der Waals surface area contributed by atoms with Gasteiger partial charge in [-0.15, -0.1) is 0 Å². The molecule has 3 heterocycles. The van der Waals surface area contributed by atoms with Crippen molar-refractivity contribution in [3.05, 3.63) is 36.2 Å². The Kier molecular flexibility index (Phi) is 5.75. The van der Waals surface area contributed by atoms with Crippen molar-refractivity contribution in [1.82, 2.24) is 20.3 Å². The van der Waals surface area contributed by atoms with Gasteiger partial charge in [-0.3, -0.25) is 4.79 Å². The van der Waals surface area contributed by atoms with Gasteiger partial charge in [0.1, 0.15) is 13.2 Å². The van der Waals surface area contributed by atoms with Gasteiger partial charge in [0, 0.05) is 34.6 Å². The van der Waals surface area contributed by atoms with E-state index in [0.29, 0.717) is 30.8 Å². The van der Waals surface area contributed by atoms with E-state index >= 15 is 0 Å². The standard InChI is InChI=1S/C26H31N5O3/c1-15-20-13-16(19-9-10-27-23-22(19)33-11-12-34-23)5-8-21(20)31-25(28-15)30-18-7-6-17(14-18)29-24(32)26(2,3)4/h5,8-10,13,17-18H,6-7,11-12,14H2,1-4H3,(H,29,32)(H,28,30,31)/t17-,18+/m0/s1. The fourth-order valence-corrected chi connectivity index (χ4v) is 4.52. The van der Waals surface area contributed by atoms with Gasteiger partial charge in [0.25, 0.3) is 5.88 Å². The Bertz CT molecular complexity index is 1240.